The molecule has 4 aromatic rings. The fraction of sp³-hybridized carbons (Fsp3) is 0.174. The third-order valence-corrected chi connectivity index (χ3v) is 6.87. The van der Waals surface area contributed by atoms with E-state index >= 15 is 0 Å². The number of aryl methyl sites for hydroxylation is 1. The predicted molar refractivity (Wildman–Crippen MR) is 125 cm³/mol. The molecule has 3 aromatic heterocycles. The van der Waals surface area contributed by atoms with Gasteiger partial charge in [0.1, 0.15) is 11.9 Å². The van der Waals surface area contributed by atoms with Crippen LogP contribution < -0.4 is 0 Å². The van der Waals surface area contributed by atoms with Crippen LogP contribution in [0.5, 0.6) is 0 Å². The molecule has 10 heteroatoms. The molecule has 0 atom stereocenters. The molecule has 3 heterocycles. The number of carbonyl (C=O) groups is 1. The number of nitrogens with zero attached hydrogens (tertiary/aromatic N) is 5. The van der Waals surface area contributed by atoms with Crippen molar-refractivity contribution in [2.75, 3.05) is 0 Å². The molecule has 0 unspecified atom stereocenters. The highest BCUT2D eigenvalue weighted by Gasteiger charge is 2.27. The highest BCUT2D eigenvalue weighted by atomic mass is 32.2. The lowest BCUT2D eigenvalue weighted by Gasteiger charge is -2.04. The number of carboxylic acid groups (broad SMARTS) is 1. The van der Waals surface area contributed by atoms with Gasteiger partial charge in [0.15, 0.2) is 5.69 Å². The van der Waals surface area contributed by atoms with Crippen LogP contribution in [-0.2, 0) is 0 Å². The third kappa shape index (κ3) is 4.51. The van der Waals surface area contributed by atoms with Gasteiger partial charge in [-0.05, 0) is 30.7 Å². The Morgan fingerprint density at radius 1 is 1.27 bits per heavy atom. The number of rotatable bonds is 6. The van der Waals surface area contributed by atoms with Crippen LogP contribution in [0.25, 0.3) is 27.5 Å². The number of pyridine rings is 1. The van der Waals surface area contributed by atoms with Crippen molar-refractivity contribution in [1.29, 1.82) is 5.26 Å². The Morgan fingerprint density at radius 2 is 2.06 bits per heavy atom. The number of aromatic nitrogens is 4. The molecule has 0 saturated carbocycles. The predicted octanol–water partition coefficient (Wildman–Crippen LogP) is 5.58. The second-order valence-corrected chi connectivity index (χ2v) is 10.2. The summed E-state index contributed by atoms with van der Waals surface area (Å²) in [5.74, 6) is -1.66. The minimum Gasteiger partial charge on any atom is -0.476 e. The molecule has 7 nitrogen and oxygen atoms in total. The molecule has 0 fully saturated rings. The first kappa shape index (κ1) is 22.6. The molecule has 0 radical (unpaired) electrons. The standard InChI is InChI=1S/C23H18FN5O2S2/c1-12(2)32-22-19(16-7-14(9-25)10-26-11-16)27-23(33-22)29-20(21(30)31)18(13(3)28-29)15-5-4-6-17(24)8-15/h4-8,10-12H,1-3H3,(H,30,31). The van der Waals surface area contributed by atoms with Gasteiger partial charge in [0, 0.05) is 28.8 Å². The van der Waals surface area contributed by atoms with Gasteiger partial charge in [-0.1, -0.05) is 37.3 Å². The summed E-state index contributed by atoms with van der Waals surface area (Å²) >= 11 is 2.89. The van der Waals surface area contributed by atoms with Crippen LogP contribution in [0.1, 0.15) is 35.6 Å². The molecular weight excluding hydrogens is 461 g/mol. The van der Waals surface area contributed by atoms with Crippen molar-refractivity contribution in [1.82, 2.24) is 19.7 Å². The van der Waals surface area contributed by atoms with Crippen molar-refractivity contribution < 1.29 is 14.3 Å². The molecule has 1 aromatic carbocycles. The molecule has 0 aliphatic rings. The monoisotopic (exact) mass is 479 g/mol. The van der Waals surface area contributed by atoms with E-state index in [0.717, 1.165) is 4.21 Å². The van der Waals surface area contributed by atoms with Crippen LogP contribution in [0, 0.1) is 24.1 Å². The summed E-state index contributed by atoms with van der Waals surface area (Å²) in [7, 11) is 0. The van der Waals surface area contributed by atoms with Crippen LogP contribution in [0.15, 0.2) is 46.9 Å². The highest BCUT2D eigenvalue weighted by molar-refractivity contribution is 8.01. The van der Waals surface area contributed by atoms with Gasteiger partial charge in [0.05, 0.1) is 21.2 Å². The third-order valence-electron chi connectivity index (χ3n) is 4.63. The Labute approximate surface area is 197 Å². The maximum Gasteiger partial charge on any atom is 0.355 e. The van der Waals surface area contributed by atoms with Gasteiger partial charge in [-0.15, -0.1) is 11.8 Å². The highest BCUT2D eigenvalue weighted by Crippen LogP contribution is 2.40. The summed E-state index contributed by atoms with van der Waals surface area (Å²) in [5.41, 5.74) is 2.78. The summed E-state index contributed by atoms with van der Waals surface area (Å²) < 4.78 is 16.0. The van der Waals surface area contributed by atoms with E-state index in [1.807, 2.05) is 13.8 Å². The maximum atomic E-state index is 13.9. The molecule has 33 heavy (non-hydrogen) atoms. The summed E-state index contributed by atoms with van der Waals surface area (Å²) in [4.78, 5) is 21.1. The summed E-state index contributed by atoms with van der Waals surface area (Å²) in [6, 6.07) is 9.53. The minimum absolute atomic E-state index is 0.0941. The Hall–Kier alpha value is -3.55. The number of hydrogen-bond acceptors (Lipinski definition) is 7. The lowest BCUT2D eigenvalue weighted by molar-refractivity contribution is 0.0688. The fourth-order valence-corrected chi connectivity index (χ4v) is 5.82. The van der Waals surface area contributed by atoms with Gasteiger partial charge < -0.3 is 5.11 Å². The van der Waals surface area contributed by atoms with E-state index in [0.29, 0.717) is 38.8 Å². The van der Waals surface area contributed by atoms with E-state index in [-0.39, 0.29) is 10.9 Å². The Balaban J connectivity index is 1.93. The quantitative estimate of drug-likeness (QED) is 0.360. The van der Waals surface area contributed by atoms with E-state index in [4.69, 9.17) is 4.98 Å². The molecule has 1 N–H and O–H groups in total. The normalized spacial score (nSPS) is 11.0. The number of carboxylic acids is 1. The zero-order valence-corrected chi connectivity index (χ0v) is 19.5. The van der Waals surface area contributed by atoms with Crippen molar-refractivity contribution in [2.24, 2.45) is 0 Å². The molecule has 0 spiro atoms. The van der Waals surface area contributed by atoms with E-state index in [1.54, 1.807) is 37.0 Å². The number of thiazole rings is 1. The van der Waals surface area contributed by atoms with Crippen molar-refractivity contribution in [3.63, 3.8) is 0 Å². The van der Waals surface area contributed by atoms with Crippen LogP contribution in [-0.4, -0.2) is 36.1 Å². The van der Waals surface area contributed by atoms with Gasteiger partial charge in [-0.3, -0.25) is 4.98 Å². The van der Waals surface area contributed by atoms with Crippen LogP contribution in [0.4, 0.5) is 4.39 Å². The first-order valence-corrected chi connectivity index (χ1v) is 11.6. The molecule has 166 valence electrons. The van der Waals surface area contributed by atoms with Gasteiger partial charge >= 0.3 is 5.97 Å². The SMILES string of the molecule is Cc1nn(-c2nc(-c3cncc(C#N)c3)c(SC(C)C)s2)c(C(=O)O)c1-c1cccc(F)c1. The van der Waals surface area contributed by atoms with Crippen LogP contribution in [0.3, 0.4) is 0 Å². The fourth-order valence-electron chi connectivity index (χ4n) is 3.35. The first-order chi connectivity index (χ1) is 15.8. The Bertz CT molecular complexity index is 1400. The zero-order chi connectivity index (χ0) is 23.7. The molecule has 4 rings (SSSR count). The lowest BCUT2D eigenvalue weighted by atomic mass is 10.0. The maximum absolute atomic E-state index is 13.9. The number of nitriles is 1. The second-order valence-electron chi connectivity index (χ2n) is 7.41. The van der Waals surface area contributed by atoms with Gasteiger partial charge in [-0.25, -0.2) is 14.2 Å². The molecule has 0 bridgehead atoms. The van der Waals surface area contributed by atoms with E-state index < -0.39 is 11.8 Å². The Morgan fingerprint density at radius 3 is 2.73 bits per heavy atom. The first-order valence-electron chi connectivity index (χ1n) is 9.90. The zero-order valence-electron chi connectivity index (χ0n) is 17.9. The summed E-state index contributed by atoms with van der Waals surface area (Å²) in [6.07, 6.45) is 3.09. The molecule has 0 saturated heterocycles. The topological polar surface area (TPSA) is 105 Å². The average molecular weight is 480 g/mol. The van der Waals surface area contributed by atoms with E-state index in [2.05, 4.69) is 16.2 Å². The molecule has 0 amide bonds. The van der Waals surface area contributed by atoms with Crippen molar-refractivity contribution in [3.8, 4) is 33.6 Å². The van der Waals surface area contributed by atoms with Gasteiger partial charge in [0.25, 0.3) is 0 Å². The smallest absolute Gasteiger partial charge is 0.355 e. The van der Waals surface area contributed by atoms with Crippen LogP contribution >= 0.6 is 23.1 Å². The molecule has 0 aliphatic carbocycles. The number of benzene rings is 1. The van der Waals surface area contributed by atoms with Crippen LogP contribution in [0.2, 0.25) is 0 Å². The lowest BCUT2D eigenvalue weighted by Crippen LogP contribution is -2.09. The van der Waals surface area contributed by atoms with Gasteiger partial charge in [0.2, 0.25) is 5.13 Å². The summed E-state index contributed by atoms with van der Waals surface area (Å²) in [6.45, 7) is 5.77. The number of aromatic carboxylic acids is 1. The van der Waals surface area contributed by atoms with E-state index in [9.17, 15) is 19.6 Å². The number of hydrogen-bond donors (Lipinski definition) is 1. The molecule has 0 aliphatic heterocycles. The van der Waals surface area contributed by atoms with Gasteiger partial charge in [-0.2, -0.15) is 15.0 Å². The van der Waals surface area contributed by atoms with E-state index in [1.165, 1.54) is 40.4 Å². The largest absolute Gasteiger partial charge is 0.476 e. The molecular formula is C23H18FN5O2S2. The Kier molecular flexibility index (Phi) is 6.26. The van der Waals surface area contributed by atoms with Crippen molar-refractivity contribution in [3.05, 3.63) is 65.5 Å². The average Bonchev–Trinajstić information content (AvgIpc) is 3.34. The minimum atomic E-state index is -1.20. The summed E-state index contributed by atoms with van der Waals surface area (Å²) in [5, 5.41) is 24.3. The second kappa shape index (κ2) is 9.13. The number of thioether (sulfide) groups is 1. The van der Waals surface area contributed by atoms with Crippen molar-refractivity contribution in [2.45, 2.75) is 30.2 Å². The number of halogens is 1. The van der Waals surface area contributed by atoms with Crippen molar-refractivity contribution >= 4 is 29.1 Å².